The molecule has 0 aromatic heterocycles. The Labute approximate surface area is 119 Å². The molecule has 3 rings (SSSR count). The Bertz CT molecular complexity index is 549. The van der Waals surface area contributed by atoms with E-state index in [-0.39, 0.29) is 6.04 Å². The lowest BCUT2D eigenvalue weighted by Gasteiger charge is -2.24. The standard InChI is InChI=1S/C11H10ClN3OS2/c12-6-1-2-7-8(3-6)13-10(14-16)9-4-18-5-15(9)11(7)17/h1-3,9,16H,4-5H2,(H,13,14). The molecule has 94 valence electrons. The minimum Gasteiger partial charge on any atom is -0.342 e. The topological polar surface area (TPSA) is 47.9 Å². The Morgan fingerprint density at radius 3 is 3.17 bits per heavy atom. The Balaban J connectivity index is 2.17. The van der Waals surface area contributed by atoms with Crippen LogP contribution in [0.3, 0.4) is 0 Å². The van der Waals surface area contributed by atoms with E-state index in [0.29, 0.717) is 16.5 Å². The Hall–Kier alpha value is -0.820. The number of rotatable bonds is 0. The normalized spacial score (nSPS) is 22.1. The van der Waals surface area contributed by atoms with Crippen LogP contribution >= 0.6 is 35.6 Å². The van der Waals surface area contributed by atoms with E-state index < -0.39 is 0 Å². The highest BCUT2D eigenvalue weighted by molar-refractivity contribution is 7.99. The molecule has 0 spiro atoms. The highest BCUT2D eigenvalue weighted by Gasteiger charge is 2.34. The molecule has 4 nitrogen and oxygen atoms in total. The minimum absolute atomic E-state index is 0.00123. The molecule has 0 amide bonds. The van der Waals surface area contributed by atoms with Crippen LogP contribution in [-0.4, -0.2) is 38.6 Å². The second-order valence-corrected chi connectivity index (χ2v) is 5.88. The first-order chi connectivity index (χ1) is 8.70. The molecule has 0 saturated carbocycles. The summed E-state index contributed by atoms with van der Waals surface area (Å²) in [5.41, 5.74) is 3.77. The number of nitrogens with one attached hydrogen (secondary N) is 1. The van der Waals surface area contributed by atoms with E-state index in [1.54, 1.807) is 23.9 Å². The summed E-state index contributed by atoms with van der Waals surface area (Å²) in [6.07, 6.45) is 0. The third-order valence-electron chi connectivity index (χ3n) is 3.00. The molecule has 18 heavy (non-hydrogen) atoms. The second-order valence-electron chi connectivity index (χ2n) is 4.06. The summed E-state index contributed by atoms with van der Waals surface area (Å²) in [6.45, 7) is 0. The van der Waals surface area contributed by atoms with Crippen molar-refractivity contribution in [2.24, 2.45) is 4.99 Å². The minimum atomic E-state index is -0.00123. The van der Waals surface area contributed by atoms with E-state index >= 15 is 0 Å². The third kappa shape index (κ3) is 1.89. The molecular formula is C11H10ClN3OS2. The van der Waals surface area contributed by atoms with Gasteiger partial charge in [-0.2, -0.15) is 0 Å². The summed E-state index contributed by atoms with van der Waals surface area (Å²) in [5, 5.41) is 9.86. The molecule has 0 aliphatic carbocycles. The second kappa shape index (κ2) is 4.70. The van der Waals surface area contributed by atoms with Crippen LogP contribution in [0.25, 0.3) is 0 Å². The summed E-state index contributed by atoms with van der Waals surface area (Å²) < 4.78 is 0. The fourth-order valence-corrected chi connectivity index (χ4v) is 3.89. The number of fused-ring (bicyclic) bond motifs is 2. The predicted octanol–water partition coefficient (Wildman–Crippen LogP) is 2.41. The van der Waals surface area contributed by atoms with Gasteiger partial charge in [-0.15, -0.1) is 11.8 Å². The summed E-state index contributed by atoms with van der Waals surface area (Å²) in [5.74, 6) is 2.18. The number of aliphatic imine (C=N–C) groups is 1. The van der Waals surface area contributed by atoms with Crippen LogP contribution in [0, 0.1) is 0 Å². The van der Waals surface area contributed by atoms with Gasteiger partial charge in [-0.25, -0.2) is 4.99 Å². The summed E-state index contributed by atoms with van der Waals surface area (Å²) in [7, 11) is 0. The van der Waals surface area contributed by atoms with Crippen LogP contribution in [0.4, 0.5) is 5.69 Å². The van der Waals surface area contributed by atoms with E-state index in [9.17, 15) is 5.21 Å². The van der Waals surface area contributed by atoms with Crippen molar-refractivity contribution in [2.45, 2.75) is 6.04 Å². The SMILES string of the molecule is ONC1=Nc2cc(Cl)ccc2C(=S)N2CSCC12. The highest BCUT2D eigenvalue weighted by atomic mass is 35.5. The van der Waals surface area contributed by atoms with Gasteiger partial charge in [-0.1, -0.05) is 23.8 Å². The number of thiocarbonyl (C=S) groups is 1. The lowest BCUT2D eigenvalue weighted by molar-refractivity contribution is 0.226. The highest BCUT2D eigenvalue weighted by Crippen LogP contribution is 2.33. The van der Waals surface area contributed by atoms with Crippen molar-refractivity contribution < 1.29 is 5.21 Å². The first-order valence-corrected chi connectivity index (χ1v) is 7.32. The molecule has 1 atom stereocenters. The summed E-state index contributed by atoms with van der Waals surface area (Å²) >= 11 is 13.3. The monoisotopic (exact) mass is 299 g/mol. The van der Waals surface area contributed by atoms with E-state index in [2.05, 4.69) is 15.4 Å². The zero-order valence-corrected chi connectivity index (χ0v) is 11.6. The number of hydroxylamine groups is 1. The van der Waals surface area contributed by atoms with Gasteiger partial charge >= 0.3 is 0 Å². The Kier molecular flexibility index (Phi) is 3.19. The predicted molar refractivity (Wildman–Crippen MR) is 78.1 cm³/mol. The number of hydrogen-bond donors (Lipinski definition) is 2. The van der Waals surface area contributed by atoms with Crippen LogP contribution in [0.1, 0.15) is 5.56 Å². The maximum atomic E-state index is 9.25. The number of amidine groups is 1. The molecule has 1 aromatic carbocycles. The molecule has 2 heterocycles. The van der Waals surface area contributed by atoms with E-state index in [1.165, 1.54) is 0 Å². The van der Waals surface area contributed by atoms with Crippen molar-refractivity contribution in [2.75, 3.05) is 11.6 Å². The summed E-state index contributed by atoms with van der Waals surface area (Å²) in [6, 6.07) is 5.44. The van der Waals surface area contributed by atoms with E-state index in [1.807, 2.05) is 6.07 Å². The van der Waals surface area contributed by atoms with E-state index in [0.717, 1.165) is 22.2 Å². The molecule has 1 fully saturated rings. The lowest BCUT2D eigenvalue weighted by Crippen LogP contribution is -2.45. The van der Waals surface area contributed by atoms with Crippen LogP contribution in [-0.2, 0) is 0 Å². The molecule has 1 saturated heterocycles. The van der Waals surface area contributed by atoms with Crippen LogP contribution in [0.5, 0.6) is 0 Å². The number of nitrogens with zero attached hydrogens (tertiary/aromatic N) is 2. The molecular weight excluding hydrogens is 290 g/mol. The van der Waals surface area contributed by atoms with Crippen molar-refractivity contribution in [3.8, 4) is 0 Å². The molecule has 2 N–H and O–H groups in total. The van der Waals surface area contributed by atoms with Crippen molar-refractivity contribution in [3.05, 3.63) is 28.8 Å². The largest absolute Gasteiger partial charge is 0.342 e. The van der Waals surface area contributed by atoms with Gasteiger partial charge in [0.05, 0.1) is 17.6 Å². The molecule has 1 unspecified atom stereocenters. The fraction of sp³-hybridized carbons (Fsp3) is 0.273. The van der Waals surface area contributed by atoms with Crippen LogP contribution < -0.4 is 5.48 Å². The number of thioether (sulfide) groups is 1. The van der Waals surface area contributed by atoms with Gasteiger partial charge in [0.15, 0.2) is 0 Å². The smallest absolute Gasteiger partial charge is 0.149 e. The average Bonchev–Trinajstić information content (AvgIpc) is 2.80. The van der Waals surface area contributed by atoms with Gasteiger partial charge in [0.2, 0.25) is 0 Å². The van der Waals surface area contributed by atoms with Gasteiger partial charge in [-0.3, -0.25) is 10.7 Å². The Morgan fingerprint density at radius 2 is 2.39 bits per heavy atom. The molecule has 0 bridgehead atoms. The van der Waals surface area contributed by atoms with Crippen LogP contribution in [0.2, 0.25) is 5.02 Å². The third-order valence-corrected chi connectivity index (χ3v) is 4.71. The van der Waals surface area contributed by atoms with Crippen molar-refractivity contribution >= 4 is 52.1 Å². The average molecular weight is 300 g/mol. The first kappa shape index (κ1) is 12.2. The number of hydrogen-bond acceptors (Lipinski definition) is 5. The number of benzene rings is 1. The molecule has 2 aliphatic rings. The van der Waals surface area contributed by atoms with Crippen LogP contribution in [0.15, 0.2) is 23.2 Å². The van der Waals surface area contributed by atoms with Crippen molar-refractivity contribution in [1.29, 1.82) is 0 Å². The molecule has 2 aliphatic heterocycles. The zero-order valence-electron chi connectivity index (χ0n) is 9.26. The van der Waals surface area contributed by atoms with Gasteiger partial charge in [-0.05, 0) is 18.2 Å². The van der Waals surface area contributed by atoms with Crippen molar-refractivity contribution in [1.82, 2.24) is 10.4 Å². The Morgan fingerprint density at radius 1 is 1.56 bits per heavy atom. The van der Waals surface area contributed by atoms with Gasteiger partial charge in [0.25, 0.3) is 0 Å². The molecule has 0 radical (unpaired) electrons. The number of halogens is 1. The first-order valence-electron chi connectivity index (χ1n) is 5.37. The lowest BCUT2D eigenvalue weighted by atomic mass is 10.1. The van der Waals surface area contributed by atoms with Gasteiger partial charge in [0.1, 0.15) is 10.8 Å². The maximum absolute atomic E-state index is 9.25. The molecule has 1 aromatic rings. The quantitative estimate of drug-likeness (QED) is 0.569. The van der Waals surface area contributed by atoms with Gasteiger partial charge in [0, 0.05) is 16.3 Å². The fourth-order valence-electron chi connectivity index (χ4n) is 2.11. The van der Waals surface area contributed by atoms with Gasteiger partial charge < -0.3 is 4.90 Å². The van der Waals surface area contributed by atoms with E-state index in [4.69, 9.17) is 23.8 Å². The summed E-state index contributed by atoms with van der Waals surface area (Å²) in [4.78, 5) is 7.27. The zero-order chi connectivity index (χ0) is 12.7. The van der Waals surface area contributed by atoms with Crippen molar-refractivity contribution in [3.63, 3.8) is 0 Å². The molecule has 7 heteroatoms. The maximum Gasteiger partial charge on any atom is 0.149 e.